The van der Waals surface area contributed by atoms with Crippen LogP contribution in [0.25, 0.3) is 0 Å². The molecule has 0 radical (unpaired) electrons. The molecule has 0 bridgehead atoms. The Labute approximate surface area is 132 Å². The molecule has 7 heteroatoms. The molecule has 1 aliphatic rings. The second kappa shape index (κ2) is 6.60. The monoisotopic (exact) mass is 331 g/mol. The predicted molar refractivity (Wildman–Crippen MR) is 76.9 cm³/mol. The molecule has 1 heterocycles. The van der Waals surface area contributed by atoms with Crippen molar-refractivity contribution in [2.75, 3.05) is 19.7 Å². The predicted octanol–water partition coefficient (Wildman–Crippen LogP) is 3.53. The van der Waals surface area contributed by atoms with Gasteiger partial charge < -0.3 is 9.64 Å². The average Bonchev–Trinajstić information content (AvgIpc) is 2.38. The van der Waals surface area contributed by atoms with Crippen molar-refractivity contribution in [2.24, 2.45) is 11.8 Å². The summed E-state index contributed by atoms with van der Waals surface area (Å²) in [5.74, 6) is -2.59. The number of carbonyl (C=O) groups excluding carboxylic acids is 2. The first-order chi connectivity index (χ1) is 10.3. The third-order valence-corrected chi connectivity index (χ3v) is 3.62. The Hall–Kier alpha value is -1.69. The Morgan fingerprint density at radius 2 is 1.95 bits per heavy atom. The first-order valence-electron chi connectivity index (χ1n) is 6.90. The van der Waals surface area contributed by atoms with Crippen LogP contribution < -0.4 is 0 Å². The summed E-state index contributed by atoms with van der Waals surface area (Å²) in [6, 6.07) is 1.57. The molecule has 0 aliphatic carbocycles. The Morgan fingerprint density at radius 3 is 2.55 bits per heavy atom. The van der Waals surface area contributed by atoms with Gasteiger partial charge in [-0.1, -0.05) is 25.4 Å². The van der Waals surface area contributed by atoms with E-state index in [9.17, 15) is 18.4 Å². The fraction of sp³-hybridized carbons (Fsp3) is 0.467. The third kappa shape index (κ3) is 3.55. The molecular formula is C15H16ClF2NO3. The number of benzene rings is 1. The minimum Gasteiger partial charge on any atom is -0.449 e. The van der Waals surface area contributed by atoms with Gasteiger partial charge in [-0.25, -0.2) is 13.6 Å². The molecule has 1 saturated heterocycles. The molecule has 1 aromatic rings. The van der Waals surface area contributed by atoms with Crippen LogP contribution in [-0.2, 0) is 4.74 Å². The van der Waals surface area contributed by atoms with E-state index in [-0.39, 0.29) is 29.6 Å². The van der Waals surface area contributed by atoms with Crippen LogP contribution >= 0.6 is 11.6 Å². The largest absolute Gasteiger partial charge is 0.449 e. The average molecular weight is 332 g/mol. The highest BCUT2D eigenvalue weighted by Crippen LogP contribution is 2.26. The van der Waals surface area contributed by atoms with Gasteiger partial charge in [0.2, 0.25) is 0 Å². The third-order valence-electron chi connectivity index (χ3n) is 3.33. The van der Waals surface area contributed by atoms with Crippen molar-refractivity contribution in [1.29, 1.82) is 0 Å². The molecule has 1 aliphatic heterocycles. The Kier molecular flexibility index (Phi) is 5.01. The van der Waals surface area contributed by atoms with Crippen LogP contribution in [0.4, 0.5) is 13.6 Å². The number of halogens is 3. The second-order valence-corrected chi connectivity index (χ2v) is 6.09. The lowest BCUT2D eigenvalue weighted by atomic mass is 9.91. The maximum absolute atomic E-state index is 13.7. The fourth-order valence-electron chi connectivity index (χ4n) is 2.05. The molecule has 0 N–H and O–H groups in total. The number of ketones is 1. The summed E-state index contributed by atoms with van der Waals surface area (Å²) >= 11 is 5.45. The number of hydrogen-bond acceptors (Lipinski definition) is 3. The Balaban J connectivity index is 1.95. The zero-order valence-electron chi connectivity index (χ0n) is 12.2. The van der Waals surface area contributed by atoms with Crippen molar-refractivity contribution in [2.45, 2.75) is 13.8 Å². The number of nitrogens with zero attached hydrogens (tertiary/aromatic N) is 1. The molecule has 22 heavy (non-hydrogen) atoms. The zero-order chi connectivity index (χ0) is 16.4. The molecule has 0 saturated carbocycles. The van der Waals surface area contributed by atoms with Crippen molar-refractivity contribution < 1.29 is 23.1 Å². The van der Waals surface area contributed by atoms with E-state index in [1.54, 1.807) is 0 Å². The summed E-state index contributed by atoms with van der Waals surface area (Å²) in [5.41, 5.74) is -0.345. The zero-order valence-corrected chi connectivity index (χ0v) is 13.0. The highest BCUT2D eigenvalue weighted by Gasteiger charge is 2.38. The van der Waals surface area contributed by atoms with Crippen LogP contribution in [0.3, 0.4) is 0 Å². The normalized spacial score (nSPS) is 14.9. The molecule has 120 valence electrons. The maximum atomic E-state index is 13.7. The van der Waals surface area contributed by atoms with E-state index in [2.05, 4.69) is 0 Å². The Morgan fingerprint density at radius 1 is 1.32 bits per heavy atom. The van der Waals surface area contributed by atoms with Crippen LogP contribution in [0.2, 0.25) is 5.02 Å². The number of likely N-dealkylation sites (tertiary alicyclic amines) is 1. The van der Waals surface area contributed by atoms with Gasteiger partial charge in [0, 0.05) is 13.1 Å². The summed E-state index contributed by atoms with van der Waals surface area (Å²) in [6.45, 7) is 4.39. The lowest BCUT2D eigenvalue weighted by Crippen LogP contribution is -2.53. The van der Waals surface area contributed by atoms with Gasteiger partial charge in [-0.2, -0.15) is 0 Å². The van der Waals surface area contributed by atoms with Gasteiger partial charge in [0.05, 0.1) is 23.1 Å². The van der Waals surface area contributed by atoms with Crippen LogP contribution in [-0.4, -0.2) is 36.5 Å². The van der Waals surface area contributed by atoms with E-state index in [0.717, 1.165) is 12.1 Å². The number of hydrogen-bond donors (Lipinski definition) is 0. The quantitative estimate of drug-likeness (QED) is 0.626. The van der Waals surface area contributed by atoms with Gasteiger partial charge in [-0.15, -0.1) is 0 Å². The van der Waals surface area contributed by atoms with E-state index in [0.29, 0.717) is 6.61 Å². The number of Topliss-reactive ketones (excluding diaryl/α,β-unsaturated/α-hetero) is 1. The maximum Gasteiger partial charge on any atom is 0.409 e. The number of rotatable bonds is 4. The number of ether oxygens (including phenoxy) is 1. The second-order valence-electron chi connectivity index (χ2n) is 5.68. The van der Waals surface area contributed by atoms with Crippen molar-refractivity contribution in [1.82, 2.24) is 4.90 Å². The standard InChI is InChI=1S/C15H16ClF2NO3/c1-8(2)7-22-15(21)19-5-9(6-19)14(20)10-3-13(18)11(16)4-12(10)17/h3-4,8-9H,5-7H2,1-2H3. The van der Waals surface area contributed by atoms with Gasteiger partial charge in [0.15, 0.2) is 5.78 Å². The van der Waals surface area contributed by atoms with E-state index in [1.165, 1.54) is 4.90 Å². The topological polar surface area (TPSA) is 46.6 Å². The number of carbonyl (C=O) groups is 2. The molecular weight excluding hydrogens is 316 g/mol. The summed E-state index contributed by atoms with van der Waals surface area (Å²) in [7, 11) is 0. The fourth-order valence-corrected chi connectivity index (χ4v) is 2.20. The smallest absolute Gasteiger partial charge is 0.409 e. The Bertz CT molecular complexity index is 601. The van der Waals surface area contributed by atoms with Gasteiger partial charge in [0.25, 0.3) is 0 Å². The lowest BCUT2D eigenvalue weighted by Gasteiger charge is -2.37. The molecule has 4 nitrogen and oxygen atoms in total. The van der Waals surface area contributed by atoms with E-state index in [1.807, 2.05) is 13.8 Å². The first-order valence-corrected chi connectivity index (χ1v) is 7.27. The molecule has 1 aromatic carbocycles. The molecule has 2 rings (SSSR count). The highest BCUT2D eigenvalue weighted by atomic mass is 35.5. The van der Waals surface area contributed by atoms with Crippen molar-refractivity contribution in [3.8, 4) is 0 Å². The lowest BCUT2D eigenvalue weighted by molar-refractivity contribution is 0.0428. The minimum atomic E-state index is -0.864. The van der Waals surface area contributed by atoms with Gasteiger partial charge >= 0.3 is 6.09 Å². The van der Waals surface area contributed by atoms with Crippen molar-refractivity contribution in [3.05, 3.63) is 34.4 Å². The van der Waals surface area contributed by atoms with Crippen LogP contribution in [0.5, 0.6) is 0 Å². The summed E-state index contributed by atoms with van der Waals surface area (Å²) in [6.07, 6.45) is -0.500. The van der Waals surface area contributed by atoms with E-state index in [4.69, 9.17) is 16.3 Å². The molecule has 1 amide bonds. The SMILES string of the molecule is CC(C)COC(=O)N1CC(C(=O)c2cc(F)c(Cl)cc2F)C1. The van der Waals surface area contributed by atoms with Crippen molar-refractivity contribution >= 4 is 23.5 Å². The van der Waals surface area contributed by atoms with Crippen LogP contribution in [0.15, 0.2) is 12.1 Å². The summed E-state index contributed by atoms with van der Waals surface area (Å²) < 4.78 is 32.1. The van der Waals surface area contributed by atoms with Gasteiger partial charge in [-0.3, -0.25) is 4.79 Å². The van der Waals surface area contributed by atoms with Crippen molar-refractivity contribution in [3.63, 3.8) is 0 Å². The first kappa shape index (κ1) is 16.7. The molecule has 0 unspecified atom stereocenters. The van der Waals surface area contributed by atoms with Gasteiger partial charge in [-0.05, 0) is 18.1 Å². The van der Waals surface area contributed by atoms with Crippen LogP contribution in [0.1, 0.15) is 24.2 Å². The van der Waals surface area contributed by atoms with Crippen LogP contribution in [0, 0.1) is 23.5 Å². The minimum absolute atomic E-state index is 0.138. The molecule has 0 atom stereocenters. The molecule has 1 fully saturated rings. The van der Waals surface area contributed by atoms with Gasteiger partial charge in [0.1, 0.15) is 11.6 Å². The molecule has 0 spiro atoms. The summed E-state index contributed by atoms with van der Waals surface area (Å²) in [5, 5.41) is -0.374. The van der Waals surface area contributed by atoms with E-state index < -0.39 is 29.4 Å². The number of amides is 1. The summed E-state index contributed by atoms with van der Waals surface area (Å²) in [4.78, 5) is 25.1. The molecule has 0 aromatic heterocycles. The highest BCUT2D eigenvalue weighted by molar-refractivity contribution is 6.30. The van der Waals surface area contributed by atoms with E-state index >= 15 is 0 Å².